The van der Waals surface area contributed by atoms with E-state index >= 15 is 0 Å². The summed E-state index contributed by atoms with van der Waals surface area (Å²) in [5, 5.41) is 5.70. The van der Waals surface area contributed by atoms with Crippen molar-refractivity contribution in [1.29, 1.82) is 0 Å². The number of sulfonamides is 2. The maximum atomic E-state index is 12.5. The largest absolute Gasteiger partial charge is 0.268 e. The molecule has 3 rings (SSSR count). The fraction of sp³-hybridized carbons (Fsp3) is 0. The molecule has 0 radical (unpaired) electrons. The van der Waals surface area contributed by atoms with Crippen LogP contribution in [-0.4, -0.2) is 27.7 Å². The number of aromatic nitrogens is 1. The van der Waals surface area contributed by atoms with E-state index in [1.807, 2.05) is 4.72 Å². The zero-order valence-electron chi connectivity index (χ0n) is 13.2. The molecule has 0 unspecified atom stereocenters. The average molecular weight is 391 g/mol. The van der Waals surface area contributed by atoms with Crippen LogP contribution in [0.4, 0.5) is 0 Å². The Morgan fingerprint density at radius 3 is 2.23 bits per heavy atom. The number of nitrogens with zero attached hydrogens (tertiary/aromatic N) is 1. The molecule has 0 spiro atoms. The van der Waals surface area contributed by atoms with Crippen LogP contribution < -0.4 is 9.86 Å². The highest BCUT2D eigenvalue weighted by molar-refractivity contribution is 7.92. The molecule has 0 saturated carbocycles. The van der Waals surface area contributed by atoms with Crippen molar-refractivity contribution in [3.63, 3.8) is 0 Å². The van der Waals surface area contributed by atoms with Crippen LogP contribution in [0.15, 0.2) is 70.6 Å². The van der Waals surface area contributed by atoms with Gasteiger partial charge >= 0.3 is 0 Å². The first-order chi connectivity index (χ1) is 12.2. The normalized spacial score (nSPS) is 12.0. The minimum atomic E-state index is -4.46. The van der Waals surface area contributed by atoms with Gasteiger partial charge in [0.2, 0.25) is 10.0 Å². The van der Waals surface area contributed by atoms with Gasteiger partial charge in [-0.2, -0.15) is 0 Å². The van der Waals surface area contributed by atoms with Crippen molar-refractivity contribution < 1.29 is 21.6 Å². The van der Waals surface area contributed by atoms with E-state index in [4.69, 9.17) is 5.14 Å². The number of primary sulfonamides is 1. The smallest absolute Gasteiger partial charge is 0.266 e. The van der Waals surface area contributed by atoms with Crippen LogP contribution in [0.5, 0.6) is 0 Å². The van der Waals surface area contributed by atoms with E-state index in [2.05, 4.69) is 4.98 Å². The lowest BCUT2D eigenvalue weighted by Crippen LogP contribution is -2.32. The van der Waals surface area contributed by atoms with Crippen LogP contribution >= 0.6 is 0 Å². The first-order valence-electron chi connectivity index (χ1n) is 7.22. The topological polar surface area (TPSA) is 136 Å². The molecule has 0 aliphatic rings. The van der Waals surface area contributed by atoms with E-state index in [0.717, 1.165) is 12.1 Å². The predicted octanol–water partition coefficient (Wildman–Crippen LogP) is 1.00. The van der Waals surface area contributed by atoms with Crippen molar-refractivity contribution >= 4 is 36.9 Å². The van der Waals surface area contributed by atoms with E-state index in [9.17, 15) is 21.6 Å². The Labute approximate surface area is 149 Å². The monoisotopic (exact) mass is 391 g/mol. The molecule has 2 aromatic carbocycles. The van der Waals surface area contributed by atoms with Gasteiger partial charge in [-0.3, -0.25) is 9.78 Å². The van der Waals surface area contributed by atoms with Gasteiger partial charge in [-0.1, -0.05) is 30.3 Å². The summed E-state index contributed by atoms with van der Waals surface area (Å²) < 4.78 is 50.0. The van der Waals surface area contributed by atoms with Crippen LogP contribution in [0, 0.1) is 0 Å². The molecule has 1 heterocycles. The number of benzene rings is 2. The highest BCUT2D eigenvalue weighted by Crippen LogP contribution is 2.20. The number of nitrogens with one attached hydrogen (secondary N) is 1. The summed E-state index contributed by atoms with van der Waals surface area (Å²) in [4.78, 5) is 15.2. The average Bonchev–Trinajstić information content (AvgIpc) is 2.60. The Kier molecular flexibility index (Phi) is 4.48. The van der Waals surface area contributed by atoms with Gasteiger partial charge in [-0.25, -0.2) is 26.7 Å². The number of hydrogen-bond acceptors (Lipinski definition) is 6. The molecule has 0 fully saturated rings. The van der Waals surface area contributed by atoms with Crippen molar-refractivity contribution in [2.75, 3.05) is 0 Å². The van der Waals surface area contributed by atoms with Crippen molar-refractivity contribution in [1.82, 2.24) is 9.71 Å². The zero-order chi connectivity index (χ0) is 18.9. The molecule has 134 valence electrons. The Hall–Kier alpha value is -2.82. The first kappa shape index (κ1) is 18.0. The highest BCUT2D eigenvalue weighted by Gasteiger charge is 2.26. The molecule has 0 aliphatic carbocycles. The van der Waals surface area contributed by atoms with Gasteiger partial charge in [0, 0.05) is 11.6 Å². The molecule has 10 heteroatoms. The SMILES string of the molecule is NS(=O)(=O)c1ccccc1S(=O)(=O)NC(=O)c1cnc2ccccc2c1. The third kappa shape index (κ3) is 3.57. The fourth-order valence-electron chi connectivity index (χ4n) is 2.34. The fourth-order valence-corrected chi connectivity index (χ4v) is 4.70. The van der Waals surface area contributed by atoms with E-state index in [-0.39, 0.29) is 5.56 Å². The van der Waals surface area contributed by atoms with E-state index in [0.29, 0.717) is 10.9 Å². The van der Waals surface area contributed by atoms with E-state index in [1.165, 1.54) is 24.4 Å². The maximum absolute atomic E-state index is 12.5. The van der Waals surface area contributed by atoms with Crippen LogP contribution in [0.2, 0.25) is 0 Å². The molecule has 8 nitrogen and oxygen atoms in total. The second kappa shape index (κ2) is 6.48. The summed E-state index contributed by atoms with van der Waals surface area (Å²) in [6, 6.07) is 13.2. The Balaban J connectivity index is 1.98. The summed E-state index contributed by atoms with van der Waals surface area (Å²) >= 11 is 0. The van der Waals surface area contributed by atoms with Crippen molar-refractivity contribution in [3.8, 4) is 0 Å². The third-order valence-electron chi connectivity index (χ3n) is 3.52. The summed E-state index contributed by atoms with van der Waals surface area (Å²) in [6.07, 6.45) is 1.23. The molecule has 3 aromatic rings. The molecule has 0 saturated heterocycles. The zero-order valence-corrected chi connectivity index (χ0v) is 14.8. The summed E-state index contributed by atoms with van der Waals surface area (Å²) in [6.45, 7) is 0. The molecule has 1 amide bonds. The number of para-hydroxylation sites is 1. The summed E-state index contributed by atoms with van der Waals surface area (Å²) in [7, 11) is -8.75. The third-order valence-corrected chi connectivity index (χ3v) is 6.01. The maximum Gasteiger partial charge on any atom is 0.266 e. The molecule has 3 N–H and O–H groups in total. The number of carbonyl (C=O) groups excluding carboxylic acids is 1. The predicted molar refractivity (Wildman–Crippen MR) is 94.2 cm³/mol. The van der Waals surface area contributed by atoms with Gasteiger partial charge in [0.15, 0.2) is 0 Å². The minimum absolute atomic E-state index is 0.0142. The number of amides is 1. The molecule has 1 aromatic heterocycles. The molecule has 0 bridgehead atoms. The first-order valence-corrected chi connectivity index (χ1v) is 10.3. The van der Waals surface area contributed by atoms with Crippen molar-refractivity contribution in [2.45, 2.75) is 9.79 Å². The van der Waals surface area contributed by atoms with Gasteiger partial charge in [0.1, 0.15) is 9.79 Å². The van der Waals surface area contributed by atoms with Gasteiger partial charge in [0.05, 0.1) is 11.1 Å². The Bertz CT molecular complexity index is 1220. The molecular formula is C16H13N3O5S2. The molecule has 0 atom stereocenters. The van der Waals surface area contributed by atoms with Crippen LogP contribution in [0.3, 0.4) is 0 Å². The molecular weight excluding hydrogens is 378 g/mol. The van der Waals surface area contributed by atoms with Crippen molar-refractivity contribution in [2.24, 2.45) is 5.14 Å². The van der Waals surface area contributed by atoms with E-state index < -0.39 is 35.7 Å². The molecule has 26 heavy (non-hydrogen) atoms. The number of nitrogens with two attached hydrogens (primary N) is 1. The van der Waals surface area contributed by atoms with Gasteiger partial charge in [-0.05, 0) is 24.3 Å². The number of hydrogen-bond donors (Lipinski definition) is 2. The van der Waals surface area contributed by atoms with Crippen LogP contribution in [0.1, 0.15) is 10.4 Å². The summed E-state index contributed by atoms with van der Waals surface area (Å²) in [5.41, 5.74) is 0.659. The lowest BCUT2D eigenvalue weighted by molar-refractivity contribution is 0.0981. The Morgan fingerprint density at radius 1 is 0.923 bits per heavy atom. The second-order valence-corrected chi connectivity index (χ2v) is 8.52. The van der Waals surface area contributed by atoms with Gasteiger partial charge in [-0.15, -0.1) is 0 Å². The van der Waals surface area contributed by atoms with Crippen molar-refractivity contribution in [3.05, 3.63) is 66.4 Å². The number of fused-ring (bicyclic) bond motifs is 1. The number of carbonyl (C=O) groups is 1. The number of pyridine rings is 1. The lowest BCUT2D eigenvalue weighted by Gasteiger charge is -2.10. The minimum Gasteiger partial charge on any atom is -0.268 e. The molecule has 0 aliphatic heterocycles. The summed E-state index contributed by atoms with van der Waals surface area (Å²) in [5.74, 6) is -0.938. The van der Waals surface area contributed by atoms with Gasteiger partial charge < -0.3 is 0 Å². The lowest BCUT2D eigenvalue weighted by atomic mass is 10.1. The highest BCUT2D eigenvalue weighted by atomic mass is 32.2. The van der Waals surface area contributed by atoms with Crippen LogP contribution in [0.25, 0.3) is 10.9 Å². The quantitative estimate of drug-likeness (QED) is 0.681. The number of rotatable bonds is 4. The standard InChI is InChI=1S/C16H13N3O5S2/c17-25(21,22)14-7-3-4-8-15(14)26(23,24)19-16(20)12-9-11-5-1-2-6-13(11)18-10-12/h1-10H,(H,19,20)(H2,17,21,22). The van der Waals surface area contributed by atoms with Crippen LogP contribution in [-0.2, 0) is 20.0 Å². The van der Waals surface area contributed by atoms with Gasteiger partial charge in [0.25, 0.3) is 15.9 Å². The Morgan fingerprint density at radius 2 is 1.54 bits per heavy atom. The van der Waals surface area contributed by atoms with E-state index in [1.54, 1.807) is 24.3 Å². The second-order valence-electron chi connectivity index (χ2n) is 5.34.